The molecule has 0 spiro atoms. The SMILES string of the molecule is CCCCc1cccc(CC2CN(c3ccc(OC(F)F)c(OC4CCC4)c3)CCN2C(N)=O)c1. The van der Waals surface area contributed by atoms with Gasteiger partial charge in [-0.2, -0.15) is 8.78 Å². The third kappa shape index (κ3) is 6.55. The zero-order chi connectivity index (χ0) is 24.8. The van der Waals surface area contributed by atoms with Crippen molar-refractivity contribution in [2.24, 2.45) is 5.73 Å². The topological polar surface area (TPSA) is 68.0 Å². The van der Waals surface area contributed by atoms with Crippen molar-refractivity contribution >= 4 is 11.7 Å². The van der Waals surface area contributed by atoms with E-state index < -0.39 is 12.6 Å². The lowest BCUT2D eigenvalue weighted by Gasteiger charge is -2.42. The minimum atomic E-state index is -2.92. The number of hydrogen-bond acceptors (Lipinski definition) is 4. The van der Waals surface area contributed by atoms with Gasteiger partial charge < -0.3 is 25.0 Å². The average molecular weight is 488 g/mol. The van der Waals surface area contributed by atoms with Gasteiger partial charge in [0.15, 0.2) is 11.5 Å². The molecule has 35 heavy (non-hydrogen) atoms. The Morgan fingerprint density at radius 2 is 1.91 bits per heavy atom. The van der Waals surface area contributed by atoms with Crippen LogP contribution in [0, 0.1) is 0 Å². The summed E-state index contributed by atoms with van der Waals surface area (Å²) >= 11 is 0. The van der Waals surface area contributed by atoms with E-state index in [9.17, 15) is 13.6 Å². The van der Waals surface area contributed by atoms with Crippen LogP contribution in [0.25, 0.3) is 0 Å². The van der Waals surface area contributed by atoms with Crippen molar-refractivity contribution in [2.45, 2.75) is 70.6 Å². The highest BCUT2D eigenvalue weighted by Crippen LogP contribution is 2.37. The standard InChI is InChI=1S/C27H35F2N3O3/c1-2-3-6-19-7-4-8-20(15-19)16-22-18-31(13-14-32(22)27(30)33)21-11-12-24(35-26(28)29)25(17-21)34-23-9-5-10-23/h4,7-8,11-12,15,17,22-23,26H,2-3,5-6,9-10,13-14,16,18H2,1H3,(H2,30,33). The number of nitrogens with two attached hydrogens (primary N) is 1. The molecular weight excluding hydrogens is 452 g/mol. The molecule has 1 atom stereocenters. The number of carbonyl (C=O) groups excluding carboxylic acids is 1. The quantitative estimate of drug-likeness (QED) is 0.489. The first-order valence-corrected chi connectivity index (χ1v) is 12.6. The second kappa shape index (κ2) is 11.6. The second-order valence-corrected chi connectivity index (χ2v) is 9.44. The molecule has 1 unspecified atom stereocenters. The minimum Gasteiger partial charge on any atom is -0.486 e. The van der Waals surface area contributed by atoms with Crippen LogP contribution >= 0.6 is 0 Å². The summed E-state index contributed by atoms with van der Waals surface area (Å²) in [6, 6.07) is 13.1. The number of carbonyl (C=O) groups is 1. The number of piperazine rings is 1. The Hall–Kier alpha value is -3.03. The fourth-order valence-electron chi connectivity index (χ4n) is 4.77. The number of ether oxygens (including phenoxy) is 2. The Bertz CT molecular complexity index is 999. The molecule has 2 aliphatic rings. The minimum absolute atomic E-state index is 0.0321. The smallest absolute Gasteiger partial charge is 0.387 e. The number of unbranched alkanes of at least 4 members (excludes halogenated alkanes) is 1. The molecule has 190 valence electrons. The van der Waals surface area contributed by atoms with Gasteiger partial charge in [-0.15, -0.1) is 0 Å². The van der Waals surface area contributed by atoms with E-state index in [0.717, 1.165) is 44.2 Å². The number of anilines is 1. The number of rotatable bonds is 10. The molecule has 0 bridgehead atoms. The number of nitrogens with zero attached hydrogens (tertiary/aromatic N) is 2. The molecule has 1 aliphatic carbocycles. The number of amides is 2. The molecule has 4 rings (SSSR count). The Morgan fingerprint density at radius 1 is 1.11 bits per heavy atom. The van der Waals surface area contributed by atoms with Crippen molar-refractivity contribution in [3.8, 4) is 11.5 Å². The van der Waals surface area contributed by atoms with Crippen molar-refractivity contribution < 1.29 is 23.0 Å². The van der Waals surface area contributed by atoms with Gasteiger partial charge in [0.05, 0.1) is 12.1 Å². The van der Waals surface area contributed by atoms with Crippen molar-refractivity contribution in [3.05, 3.63) is 53.6 Å². The van der Waals surface area contributed by atoms with Crippen molar-refractivity contribution in [1.29, 1.82) is 0 Å². The lowest BCUT2D eigenvalue weighted by atomic mass is 9.96. The highest BCUT2D eigenvalue weighted by molar-refractivity contribution is 5.73. The van der Waals surface area contributed by atoms with Crippen LogP contribution in [0.3, 0.4) is 0 Å². The summed E-state index contributed by atoms with van der Waals surface area (Å²) in [5, 5.41) is 0. The van der Waals surface area contributed by atoms with E-state index in [1.807, 2.05) is 0 Å². The maximum Gasteiger partial charge on any atom is 0.387 e. The number of benzene rings is 2. The number of primary amides is 1. The first kappa shape index (κ1) is 25.1. The van der Waals surface area contributed by atoms with E-state index in [1.54, 1.807) is 23.1 Å². The summed E-state index contributed by atoms with van der Waals surface area (Å²) in [6.45, 7) is 0.929. The van der Waals surface area contributed by atoms with E-state index in [-0.39, 0.29) is 17.9 Å². The Morgan fingerprint density at radius 3 is 2.60 bits per heavy atom. The van der Waals surface area contributed by atoms with Gasteiger partial charge >= 0.3 is 12.6 Å². The molecular formula is C27H35F2N3O3. The lowest BCUT2D eigenvalue weighted by Crippen LogP contribution is -2.57. The molecule has 2 fully saturated rings. The van der Waals surface area contributed by atoms with E-state index in [0.29, 0.717) is 31.8 Å². The van der Waals surface area contributed by atoms with Gasteiger partial charge in [-0.3, -0.25) is 0 Å². The van der Waals surface area contributed by atoms with Gasteiger partial charge in [-0.1, -0.05) is 37.6 Å². The van der Waals surface area contributed by atoms with Crippen LogP contribution in [0.1, 0.15) is 50.2 Å². The third-order valence-electron chi connectivity index (χ3n) is 6.90. The number of hydrogen-bond donors (Lipinski definition) is 1. The number of urea groups is 1. The molecule has 1 saturated carbocycles. The first-order valence-electron chi connectivity index (χ1n) is 12.6. The molecule has 8 heteroatoms. The second-order valence-electron chi connectivity index (χ2n) is 9.44. The Kier molecular flexibility index (Phi) is 8.31. The molecule has 2 aromatic carbocycles. The van der Waals surface area contributed by atoms with Gasteiger partial charge in [-0.25, -0.2) is 4.79 Å². The van der Waals surface area contributed by atoms with Crippen LogP contribution in [0.2, 0.25) is 0 Å². The van der Waals surface area contributed by atoms with Gasteiger partial charge in [0, 0.05) is 31.4 Å². The predicted molar refractivity (Wildman–Crippen MR) is 132 cm³/mol. The maximum atomic E-state index is 12.9. The fraction of sp³-hybridized carbons (Fsp3) is 0.519. The molecule has 2 amide bonds. The summed E-state index contributed by atoms with van der Waals surface area (Å²) in [7, 11) is 0. The van der Waals surface area contributed by atoms with Crippen molar-refractivity contribution in [2.75, 3.05) is 24.5 Å². The van der Waals surface area contributed by atoms with Crippen molar-refractivity contribution in [1.82, 2.24) is 4.90 Å². The Balaban J connectivity index is 1.52. The molecule has 0 radical (unpaired) electrons. The fourth-order valence-corrected chi connectivity index (χ4v) is 4.77. The van der Waals surface area contributed by atoms with Gasteiger partial charge in [0.2, 0.25) is 0 Å². The monoisotopic (exact) mass is 487 g/mol. The van der Waals surface area contributed by atoms with Crippen LogP contribution in [0.15, 0.2) is 42.5 Å². The molecule has 1 saturated heterocycles. The maximum absolute atomic E-state index is 12.9. The largest absolute Gasteiger partial charge is 0.486 e. The van der Waals surface area contributed by atoms with E-state index in [4.69, 9.17) is 15.2 Å². The van der Waals surface area contributed by atoms with E-state index >= 15 is 0 Å². The molecule has 2 aromatic rings. The van der Waals surface area contributed by atoms with Gasteiger partial charge in [0.25, 0.3) is 0 Å². The van der Waals surface area contributed by atoms with Gasteiger partial charge in [-0.05, 0) is 61.8 Å². The summed E-state index contributed by atoms with van der Waals surface area (Å²) in [6.07, 6.45) is 6.95. The van der Waals surface area contributed by atoms with Crippen LogP contribution in [0.5, 0.6) is 11.5 Å². The first-order chi connectivity index (χ1) is 16.9. The van der Waals surface area contributed by atoms with Crippen LogP contribution < -0.4 is 20.1 Å². The lowest BCUT2D eigenvalue weighted by molar-refractivity contribution is -0.0526. The predicted octanol–water partition coefficient (Wildman–Crippen LogP) is 5.37. The number of aryl methyl sites for hydroxylation is 1. The Labute approximate surface area is 206 Å². The molecule has 0 aromatic heterocycles. The van der Waals surface area contributed by atoms with E-state index in [1.165, 1.54) is 11.1 Å². The zero-order valence-electron chi connectivity index (χ0n) is 20.3. The summed E-state index contributed by atoms with van der Waals surface area (Å²) < 4.78 is 36.5. The molecule has 2 N–H and O–H groups in total. The molecule has 6 nitrogen and oxygen atoms in total. The van der Waals surface area contributed by atoms with Gasteiger partial charge in [0.1, 0.15) is 0 Å². The van der Waals surface area contributed by atoms with Crippen LogP contribution in [-0.2, 0) is 12.8 Å². The number of alkyl halides is 2. The average Bonchev–Trinajstić information content (AvgIpc) is 2.80. The normalized spacial score (nSPS) is 18.5. The molecule has 1 aliphatic heterocycles. The summed E-state index contributed by atoms with van der Waals surface area (Å²) in [4.78, 5) is 16.1. The number of halogens is 2. The molecule has 1 heterocycles. The van der Waals surface area contributed by atoms with Crippen LogP contribution in [0.4, 0.5) is 19.3 Å². The zero-order valence-corrected chi connectivity index (χ0v) is 20.3. The highest BCUT2D eigenvalue weighted by atomic mass is 19.3. The van der Waals surface area contributed by atoms with Crippen molar-refractivity contribution in [3.63, 3.8) is 0 Å². The highest BCUT2D eigenvalue weighted by Gasteiger charge is 2.30. The summed E-state index contributed by atoms with van der Waals surface area (Å²) in [5.74, 6) is 0.386. The third-order valence-corrected chi connectivity index (χ3v) is 6.90. The van der Waals surface area contributed by atoms with E-state index in [2.05, 4.69) is 36.1 Å². The van der Waals surface area contributed by atoms with Crippen LogP contribution in [-0.4, -0.2) is 49.3 Å². The summed E-state index contributed by atoms with van der Waals surface area (Å²) in [5.41, 5.74) is 9.05.